The largest absolute Gasteiger partial charge is 0.493 e. The van der Waals surface area contributed by atoms with Crippen LogP contribution in [-0.4, -0.2) is 62.9 Å². The summed E-state index contributed by atoms with van der Waals surface area (Å²) >= 11 is 0. The Bertz CT molecular complexity index is 644. The molecule has 0 saturated carbocycles. The minimum atomic E-state index is -1.05. The number of rotatable bonds is 6. The van der Waals surface area contributed by atoms with E-state index in [1.54, 1.807) is 17.0 Å². The Morgan fingerprint density at radius 3 is 2.38 bits per heavy atom. The van der Waals surface area contributed by atoms with E-state index >= 15 is 0 Å². The number of methoxy groups -OCH3 is 3. The first-order chi connectivity index (χ1) is 11.4. The van der Waals surface area contributed by atoms with Crippen LogP contribution in [0, 0.1) is 12.3 Å². The van der Waals surface area contributed by atoms with Gasteiger partial charge in [-0.3, -0.25) is 9.59 Å². The Hall–Kier alpha value is -2.28. The van der Waals surface area contributed by atoms with Crippen molar-refractivity contribution in [3.8, 4) is 11.5 Å². The zero-order valence-electron chi connectivity index (χ0n) is 14.4. The van der Waals surface area contributed by atoms with Crippen LogP contribution >= 0.6 is 0 Å². The highest BCUT2D eigenvalue weighted by atomic mass is 16.5. The number of carboxylic acids is 1. The van der Waals surface area contributed by atoms with Gasteiger partial charge >= 0.3 is 5.97 Å². The third-order valence-corrected chi connectivity index (χ3v) is 4.48. The maximum absolute atomic E-state index is 12.8. The molecule has 0 radical (unpaired) electrons. The molecule has 2 rings (SSSR count). The van der Waals surface area contributed by atoms with Gasteiger partial charge in [0.25, 0.3) is 5.91 Å². The number of aliphatic carboxylic acids is 1. The highest BCUT2D eigenvalue weighted by molar-refractivity contribution is 5.97. The average Bonchev–Trinajstić information content (AvgIpc) is 3.00. The van der Waals surface area contributed by atoms with Crippen molar-refractivity contribution in [3.63, 3.8) is 0 Å². The lowest BCUT2D eigenvalue weighted by atomic mass is 9.88. The van der Waals surface area contributed by atoms with Gasteiger partial charge in [0, 0.05) is 25.8 Å². The molecule has 7 nitrogen and oxygen atoms in total. The first-order valence-corrected chi connectivity index (χ1v) is 7.62. The molecule has 1 aromatic rings. The van der Waals surface area contributed by atoms with Gasteiger partial charge in [0.15, 0.2) is 11.5 Å². The molecule has 1 heterocycles. The SMILES string of the molecule is COCC1(C(=O)O)CCN(C(=O)c2cc(OC)c(OC)cc2C)C1. The van der Waals surface area contributed by atoms with E-state index in [4.69, 9.17) is 14.2 Å². The first-order valence-electron chi connectivity index (χ1n) is 7.62. The van der Waals surface area contributed by atoms with Crippen molar-refractivity contribution in [2.24, 2.45) is 5.41 Å². The topological polar surface area (TPSA) is 85.3 Å². The number of aryl methyl sites for hydroxylation is 1. The summed E-state index contributed by atoms with van der Waals surface area (Å²) in [4.78, 5) is 26.0. The Morgan fingerprint density at radius 2 is 1.83 bits per heavy atom. The van der Waals surface area contributed by atoms with Crippen LogP contribution in [0.4, 0.5) is 0 Å². The predicted molar refractivity (Wildman–Crippen MR) is 86.7 cm³/mol. The minimum Gasteiger partial charge on any atom is -0.493 e. The number of likely N-dealkylation sites (tertiary alicyclic amines) is 1. The van der Waals surface area contributed by atoms with Crippen LogP contribution in [0.5, 0.6) is 11.5 Å². The smallest absolute Gasteiger partial charge is 0.313 e. The van der Waals surface area contributed by atoms with Gasteiger partial charge in [-0.25, -0.2) is 0 Å². The summed E-state index contributed by atoms with van der Waals surface area (Å²) in [5.74, 6) is -0.143. The summed E-state index contributed by atoms with van der Waals surface area (Å²) in [7, 11) is 4.50. The Morgan fingerprint density at radius 1 is 1.21 bits per heavy atom. The van der Waals surface area contributed by atoms with E-state index < -0.39 is 11.4 Å². The molecule has 1 N–H and O–H groups in total. The van der Waals surface area contributed by atoms with Crippen molar-refractivity contribution < 1.29 is 28.9 Å². The molecule has 1 fully saturated rings. The van der Waals surface area contributed by atoms with Gasteiger partial charge in [0.2, 0.25) is 0 Å². The lowest BCUT2D eigenvalue weighted by Crippen LogP contribution is -2.40. The van der Waals surface area contributed by atoms with Crippen molar-refractivity contribution in [1.29, 1.82) is 0 Å². The van der Waals surface area contributed by atoms with Crippen molar-refractivity contribution >= 4 is 11.9 Å². The van der Waals surface area contributed by atoms with Crippen molar-refractivity contribution in [1.82, 2.24) is 4.90 Å². The average molecular weight is 337 g/mol. The van der Waals surface area contributed by atoms with Crippen LogP contribution in [0.3, 0.4) is 0 Å². The van der Waals surface area contributed by atoms with Crippen LogP contribution in [0.1, 0.15) is 22.3 Å². The van der Waals surface area contributed by atoms with E-state index in [1.165, 1.54) is 21.3 Å². The fourth-order valence-electron chi connectivity index (χ4n) is 3.06. The highest BCUT2D eigenvalue weighted by Gasteiger charge is 2.46. The molecule has 24 heavy (non-hydrogen) atoms. The monoisotopic (exact) mass is 337 g/mol. The Labute approximate surface area is 141 Å². The molecular weight excluding hydrogens is 314 g/mol. The van der Waals surface area contributed by atoms with Gasteiger partial charge in [0.1, 0.15) is 5.41 Å². The van der Waals surface area contributed by atoms with E-state index in [9.17, 15) is 14.7 Å². The standard InChI is InChI=1S/C17H23NO6/c1-11-7-13(23-3)14(24-4)8-12(11)15(19)18-6-5-17(9-18,10-22-2)16(20)21/h7-8H,5-6,9-10H2,1-4H3,(H,20,21). The van der Waals surface area contributed by atoms with Crippen LogP contribution in [0.2, 0.25) is 0 Å². The third kappa shape index (κ3) is 3.17. The summed E-state index contributed by atoms with van der Waals surface area (Å²) < 4.78 is 15.5. The molecule has 1 saturated heterocycles. The first kappa shape index (κ1) is 18.1. The number of hydrogen-bond acceptors (Lipinski definition) is 5. The van der Waals surface area contributed by atoms with Crippen LogP contribution < -0.4 is 9.47 Å². The second-order valence-corrected chi connectivity index (χ2v) is 6.02. The van der Waals surface area contributed by atoms with Gasteiger partial charge < -0.3 is 24.2 Å². The zero-order valence-corrected chi connectivity index (χ0v) is 14.4. The number of carbonyl (C=O) groups excluding carboxylic acids is 1. The van der Waals surface area contributed by atoms with Gasteiger partial charge in [-0.05, 0) is 31.0 Å². The fourth-order valence-corrected chi connectivity index (χ4v) is 3.06. The summed E-state index contributed by atoms with van der Waals surface area (Å²) in [6.07, 6.45) is 0.369. The van der Waals surface area contributed by atoms with E-state index in [-0.39, 0.29) is 19.1 Å². The summed E-state index contributed by atoms with van der Waals surface area (Å²) in [5, 5.41) is 9.52. The van der Waals surface area contributed by atoms with E-state index in [2.05, 4.69) is 0 Å². The van der Waals surface area contributed by atoms with Crippen molar-refractivity contribution in [3.05, 3.63) is 23.3 Å². The molecule has 1 amide bonds. The minimum absolute atomic E-state index is 0.0804. The second-order valence-electron chi connectivity index (χ2n) is 6.02. The zero-order chi connectivity index (χ0) is 17.9. The maximum Gasteiger partial charge on any atom is 0.313 e. The van der Waals surface area contributed by atoms with E-state index in [1.807, 2.05) is 6.92 Å². The molecule has 0 aromatic heterocycles. The van der Waals surface area contributed by atoms with Crippen molar-refractivity contribution in [2.75, 3.05) is 41.0 Å². The second kappa shape index (κ2) is 7.09. The molecule has 1 unspecified atom stereocenters. The number of carbonyl (C=O) groups is 2. The maximum atomic E-state index is 12.8. The van der Waals surface area contributed by atoms with Crippen molar-refractivity contribution in [2.45, 2.75) is 13.3 Å². The molecule has 7 heteroatoms. The fraction of sp³-hybridized carbons (Fsp3) is 0.529. The number of ether oxygens (including phenoxy) is 3. The van der Waals surface area contributed by atoms with Gasteiger partial charge in [-0.2, -0.15) is 0 Å². The van der Waals surface area contributed by atoms with Crippen LogP contribution in [-0.2, 0) is 9.53 Å². The predicted octanol–water partition coefficient (Wildman–Crippen LogP) is 1.58. The molecule has 0 bridgehead atoms. The molecule has 1 aliphatic heterocycles. The molecule has 0 spiro atoms. The molecule has 1 atom stereocenters. The third-order valence-electron chi connectivity index (χ3n) is 4.48. The highest BCUT2D eigenvalue weighted by Crippen LogP contribution is 2.35. The molecule has 0 aliphatic carbocycles. The number of hydrogen-bond donors (Lipinski definition) is 1. The molecule has 1 aromatic carbocycles. The molecular formula is C17H23NO6. The molecule has 1 aliphatic rings. The Kier molecular flexibility index (Phi) is 5.33. The number of carboxylic acid groups (broad SMARTS) is 1. The number of nitrogens with zero attached hydrogens (tertiary/aromatic N) is 1. The lowest BCUT2D eigenvalue weighted by molar-refractivity contribution is -0.151. The number of amides is 1. The summed E-state index contributed by atoms with van der Waals surface area (Å²) in [6, 6.07) is 3.37. The summed E-state index contributed by atoms with van der Waals surface area (Å²) in [6.45, 7) is 2.40. The normalized spacial score (nSPS) is 20.1. The quantitative estimate of drug-likeness (QED) is 0.848. The molecule has 132 valence electrons. The van der Waals surface area contributed by atoms with Crippen LogP contribution in [0.15, 0.2) is 12.1 Å². The van der Waals surface area contributed by atoms with E-state index in [0.717, 1.165) is 5.56 Å². The van der Waals surface area contributed by atoms with Gasteiger partial charge in [0.05, 0.1) is 20.8 Å². The van der Waals surface area contributed by atoms with Gasteiger partial charge in [-0.15, -0.1) is 0 Å². The summed E-state index contributed by atoms with van der Waals surface area (Å²) in [5.41, 5.74) is 0.179. The van der Waals surface area contributed by atoms with Crippen LogP contribution in [0.25, 0.3) is 0 Å². The lowest BCUT2D eigenvalue weighted by Gasteiger charge is -2.24. The Balaban J connectivity index is 2.29. The van der Waals surface area contributed by atoms with E-state index in [0.29, 0.717) is 30.0 Å². The number of benzene rings is 1. The van der Waals surface area contributed by atoms with Gasteiger partial charge in [-0.1, -0.05) is 0 Å².